The van der Waals surface area contributed by atoms with Crippen molar-refractivity contribution in [2.45, 2.75) is 23.9 Å². The maximum atomic E-state index is 11.7. The van der Waals surface area contributed by atoms with E-state index in [1.165, 1.54) is 0 Å². The number of hydrogen-bond donors (Lipinski definition) is 1. The lowest BCUT2D eigenvalue weighted by Gasteiger charge is -2.03. The van der Waals surface area contributed by atoms with Crippen LogP contribution >= 0.6 is 11.8 Å². The fraction of sp³-hybridized carbons (Fsp3) is 0.444. The zero-order chi connectivity index (χ0) is 10.8. The summed E-state index contributed by atoms with van der Waals surface area (Å²) in [4.78, 5) is 26.0. The van der Waals surface area contributed by atoms with Crippen LogP contribution in [0.1, 0.15) is 18.9 Å². The van der Waals surface area contributed by atoms with Crippen LogP contribution in [0.15, 0.2) is 22.2 Å². The van der Waals surface area contributed by atoms with E-state index in [1.807, 2.05) is 0 Å². The molecule has 6 heteroatoms. The highest BCUT2D eigenvalue weighted by molar-refractivity contribution is 7.99. The van der Waals surface area contributed by atoms with E-state index in [0.29, 0.717) is 6.04 Å². The molecule has 0 unspecified atom stereocenters. The number of carboxylic acid groups (broad SMARTS) is 1. The van der Waals surface area contributed by atoms with Crippen LogP contribution in [-0.2, 0) is 4.79 Å². The van der Waals surface area contributed by atoms with Crippen LogP contribution in [0.5, 0.6) is 0 Å². The van der Waals surface area contributed by atoms with Gasteiger partial charge in [-0.25, -0.2) is 4.98 Å². The molecule has 0 aromatic carbocycles. The third kappa shape index (κ3) is 2.38. The molecule has 1 aliphatic carbocycles. The molecule has 0 atom stereocenters. The van der Waals surface area contributed by atoms with Gasteiger partial charge in [-0.1, -0.05) is 11.8 Å². The molecule has 0 bridgehead atoms. The Hall–Kier alpha value is -1.30. The van der Waals surface area contributed by atoms with Gasteiger partial charge in [0, 0.05) is 18.4 Å². The van der Waals surface area contributed by atoms with Crippen LogP contribution in [0.25, 0.3) is 0 Å². The van der Waals surface area contributed by atoms with Crippen LogP contribution in [0, 0.1) is 0 Å². The molecule has 2 rings (SSSR count). The molecule has 1 saturated carbocycles. The lowest BCUT2D eigenvalue weighted by Crippen LogP contribution is -2.21. The summed E-state index contributed by atoms with van der Waals surface area (Å²) in [6.07, 6.45) is 5.24. The van der Waals surface area contributed by atoms with Crippen molar-refractivity contribution in [1.82, 2.24) is 9.55 Å². The van der Waals surface area contributed by atoms with Gasteiger partial charge in [-0.3, -0.25) is 9.59 Å². The third-order valence-electron chi connectivity index (χ3n) is 2.11. The van der Waals surface area contributed by atoms with Crippen LogP contribution in [-0.4, -0.2) is 26.4 Å². The average Bonchev–Trinajstić information content (AvgIpc) is 2.99. The molecule has 1 heterocycles. The molecule has 5 nitrogen and oxygen atoms in total. The summed E-state index contributed by atoms with van der Waals surface area (Å²) in [7, 11) is 0. The van der Waals surface area contributed by atoms with Gasteiger partial charge in [0.2, 0.25) is 0 Å². The summed E-state index contributed by atoms with van der Waals surface area (Å²) in [6.45, 7) is 0. The van der Waals surface area contributed by atoms with E-state index < -0.39 is 5.97 Å². The molecule has 1 aromatic heterocycles. The molecule has 0 radical (unpaired) electrons. The van der Waals surface area contributed by atoms with Crippen LogP contribution in [0.2, 0.25) is 0 Å². The first kappa shape index (κ1) is 10.2. The molecular weight excluding hydrogens is 216 g/mol. The Morgan fingerprint density at radius 2 is 2.40 bits per heavy atom. The number of aliphatic carboxylic acids is 1. The summed E-state index contributed by atoms with van der Waals surface area (Å²) in [5.74, 6) is -1.07. The number of carbonyl (C=O) groups is 1. The number of carboxylic acids is 1. The molecule has 80 valence electrons. The standard InChI is InChI=1S/C9H10N2O3S/c12-7(13)5-15-8-9(14)11(4-3-10-8)6-1-2-6/h3-4,6H,1-2,5H2,(H,12,13). The van der Waals surface area contributed by atoms with Gasteiger partial charge >= 0.3 is 5.97 Å². The summed E-state index contributed by atoms with van der Waals surface area (Å²) in [5.41, 5.74) is -0.175. The highest BCUT2D eigenvalue weighted by Gasteiger charge is 2.25. The lowest BCUT2D eigenvalue weighted by molar-refractivity contribution is -0.133. The Balaban J connectivity index is 2.20. The van der Waals surface area contributed by atoms with Gasteiger partial charge < -0.3 is 9.67 Å². The van der Waals surface area contributed by atoms with Crippen LogP contribution in [0.4, 0.5) is 0 Å². The molecule has 15 heavy (non-hydrogen) atoms. The van der Waals surface area contributed by atoms with Gasteiger partial charge in [-0.05, 0) is 12.8 Å². The predicted octanol–water partition coefficient (Wildman–Crippen LogP) is 0.755. The number of rotatable bonds is 4. The van der Waals surface area contributed by atoms with Crippen molar-refractivity contribution in [3.8, 4) is 0 Å². The van der Waals surface area contributed by atoms with E-state index in [9.17, 15) is 9.59 Å². The van der Waals surface area contributed by atoms with Crippen molar-refractivity contribution in [2.24, 2.45) is 0 Å². The molecule has 1 aromatic rings. The Morgan fingerprint density at radius 1 is 1.67 bits per heavy atom. The quantitative estimate of drug-likeness (QED) is 0.767. The number of thioether (sulfide) groups is 1. The summed E-state index contributed by atoms with van der Waals surface area (Å²) < 4.78 is 1.64. The van der Waals surface area contributed by atoms with E-state index >= 15 is 0 Å². The van der Waals surface area contributed by atoms with Gasteiger partial charge in [-0.2, -0.15) is 0 Å². The Morgan fingerprint density at radius 3 is 3.00 bits per heavy atom. The summed E-state index contributed by atoms with van der Waals surface area (Å²) in [6, 6.07) is 0.296. The molecule has 0 spiro atoms. The fourth-order valence-corrected chi connectivity index (χ4v) is 1.90. The molecule has 1 fully saturated rings. The maximum Gasteiger partial charge on any atom is 0.313 e. The topological polar surface area (TPSA) is 72.2 Å². The minimum atomic E-state index is -0.942. The van der Waals surface area contributed by atoms with Crippen molar-refractivity contribution in [1.29, 1.82) is 0 Å². The maximum absolute atomic E-state index is 11.7. The minimum absolute atomic E-state index is 0.128. The second-order valence-electron chi connectivity index (χ2n) is 3.36. The van der Waals surface area contributed by atoms with E-state index in [1.54, 1.807) is 17.0 Å². The third-order valence-corrected chi connectivity index (χ3v) is 3.05. The smallest absolute Gasteiger partial charge is 0.313 e. The van der Waals surface area contributed by atoms with Gasteiger partial charge in [0.05, 0.1) is 5.75 Å². The highest BCUT2D eigenvalue weighted by Crippen LogP contribution is 2.33. The van der Waals surface area contributed by atoms with E-state index in [4.69, 9.17) is 5.11 Å². The molecule has 0 saturated heterocycles. The molecule has 1 N–H and O–H groups in total. The number of hydrogen-bond acceptors (Lipinski definition) is 4. The molecule has 0 amide bonds. The predicted molar refractivity (Wildman–Crippen MR) is 55.1 cm³/mol. The number of nitrogens with zero attached hydrogens (tertiary/aromatic N) is 2. The van der Waals surface area contributed by atoms with Crippen molar-refractivity contribution >= 4 is 17.7 Å². The number of aromatic nitrogens is 2. The first-order chi connectivity index (χ1) is 7.18. The Bertz CT molecular complexity index is 439. The van der Waals surface area contributed by atoms with E-state index in [-0.39, 0.29) is 16.3 Å². The second kappa shape index (κ2) is 4.06. The zero-order valence-electron chi connectivity index (χ0n) is 7.92. The van der Waals surface area contributed by atoms with Gasteiger partial charge in [0.1, 0.15) is 0 Å². The molecule has 0 aliphatic heterocycles. The highest BCUT2D eigenvalue weighted by atomic mass is 32.2. The first-order valence-corrected chi connectivity index (χ1v) is 5.59. The van der Waals surface area contributed by atoms with Gasteiger partial charge in [-0.15, -0.1) is 0 Å². The van der Waals surface area contributed by atoms with Crippen LogP contribution in [0.3, 0.4) is 0 Å². The zero-order valence-corrected chi connectivity index (χ0v) is 8.74. The average molecular weight is 226 g/mol. The van der Waals surface area contributed by atoms with E-state index in [2.05, 4.69) is 4.98 Å². The van der Waals surface area contributed by atoms with Gasteiger partial charge in [0.25, 0.3) is 5.56 Å². The van der Waals surface area contributed by atoms with Crippen molar-refractivity contribution < 1.29 is 9.90 Å². The monoisotopic (exact) mass is 226 g/mol. The molecular formula is C9H10N2O3S. The lowest BCUT2D eigenvalue weighted by atomic mass is 10.6. The van der Waals surface area contributed by atoms with Crippen molar-refractivity contribution in [3.63, 3.8) is 0 Å². The normalized spacial score (nSPS) is 15.2. The minimum Gasteiger partial charge on any atom is -0.481 e. The van der Waals surface area contributed by atoms with Crippen molar-refractivity contribution in [2.75, 3.05) is 5.75 Å². The SMILES string of the molecule is O=C(O)CSc1nccn(C2CC2)c1=O. The van der Waals surface area contributed by atoms with Crippen LogP contribution < -0.4 is 5.56 Å². The van der Waals surface area contributed by atoms with E-state index in [0.717, 1.165) is 24.6 Å². The van der Waals surface area contributed by atoms with Crippen molar-refractivity contribution in [3.05, 3.63) is 22.7 Å². The van der Waals surface area contributed by atoms with Gasteiger partial charge in [0.15, 0.2) is 5.03 Å². The Labute approximate surface area is 90.1 Å². The fourth-order valence-electron chi connectivity index (χ4n) is 1.28. The second-order valence-corrected chi connectivity index (χ2v) is 4.32. The largest absolute Gasteiger partial charge is 0.481 e. The first-order valence-electron chi connectivity index (χ1n) is 4.60. The molecule has 1 aliphatic rings. The Kier molecular flexibility index (Phi) is 2.77. The summed E-state index contributed by atoms with van der Waals surface area (Å²) in [5, 5.41) is 8.77. The summed E-state index contributed by atoms with van der Waals surface area (Å²) >= 11 is 0.971.